The highest BCUT2D eigenvalue weighted by Crippen LogP contribution is 2.37. The van der Waals surface area contributed by atoms with Crippen molar-refractivity contribution < 1.29 is 9.90 Å². The first-order valence-electron chi connectivity index (χ1n) is 7.03. The number of hydrogen-bond donors (Lipinski definition) is 3. The van der Waals surface area contributed by atoms with Crippen molar-refractivity contribution in [3.8, 4) is 5.75 Å². The van der Waals surface area contributed by atoms with E-state index >= 15 is 0 Å². The third-order valence-corrected chi connectivity index (χ3v) is 4.43. The maximum atomic E-state index is 12.2. The largest absolute Gasteiger partial charge is 0.508 e. The molecule has 1 amide bonds. The predicted molar refractivity (Wildman–Crippen MR) is 72.6 cm³/mol. The van der Waals surface area contributed by atoms with E-state index in [0.717, 1.165) is 12.1 Å². The van der Waals surface area contributed by atoms with Crippen LogP contribution < -0.4 is 10.6 Å². The molecule has 1 saturated heterocycles. The first-order valence-corrected chi connectivity index (χ1v) is 7.03. The van der Waals surface area contributed by atoms with Gasteiger partial charge in [-0.05, 0) is 48.9 Å². The molecule has 4 heteroatoms. The molecule has 4 nitrogen and oxygen atoms in total. The standard InChI is InChI=1S/C15H20N2O2/c18-12-6-4-10(5-7-12)8-17-15(19)14-13-3-1-2-11(13)9-16-14/h4-7,11,13-14,16,18H,1-3,8-9H2,(H,17,19). The summed E-state index contributed by atoms with van der Waals surface area (Å²) in [5.41, 5.74) is 1.01. The number of benzene rings is 1. The molecule has 1 saturated carbocycles. The number of amides is 1. The van der Waals surface area contributed by atoms with Crippen molar-refractivity contribution in [2.75, 3.05) is 6.54 Å². The van der Waals surface area contributed by atoms with E-state index in [1.807, 2.05) is 12.1 Å². The summed E-state index contributed by atoms with van der Waals surface area (Å²) < 4.78 is 0. The summed E-state index contributed by atoms with van der Waals surface area (Å²) in [6, 6.07) is 6.93. The minimum atomic E-state index is -0.00962. The number of carbonyl (C=O) groups is 1. The molecular weight excluding hydrogens is 240 g/mol. The van der Waals surface area contributed by atoms with Gasteiger partial charge in [-0.1, -0.05) is 18.6 Å². The van der Waals surface area contributed by atoms with Gasteiger partial charge in [0.1, 0.15) is 5.75 Å². The first-order chi connectivity index (χ1) is 9.24. The van der Waals surface area contributed by atoms with Gasteiger partial charge in [0.25, 0.3) is 0 Å². The monoisotopic (exact) mass is 260 g/mol. The SMILES string of the molecule is O=C(NCc1ccc(O)cc1)C1NCC2CCCC21. The fraction of sp³-hybridized carbons (Fsp3) is 0.533. The Balaban J connectivity index is 1.55. The zero-order valence-electron chi connectivity index (χ0n) is 10.9. The molecule has 1 heterocycles. The predicted octanol–water partition coefficient (Wildman–Crippen LogP) is 1.40. The van der Waals surface area contributed by atoms with Gasteiger partial charge in [0.2, 0.25) is 5.91 Å². The molecule has 1 aliphatic heterocycles. The minimum absolute atomic E-state index is 0.00962. The number of phenolic OH excluding ortho intramolecular Hbond substituents is 1. The Bertz CT molecular complexity index is 458. The zero-order chi connectivity index (χ0) is 13.2. The average Bonchev–Trinajstić information content (AvgIpc) is 3.00. The van der Waals surface area contributed by atoms with Gasteiger partial charge < -0.3 is 15.7 Å². The Hall–Kier alpha value is -1.55. The van der Waals surface area contributed by atoms with Gasteiger partial charge in [-0.15, -0.1) is 0 Å². The summed E-state index contributed by atoms with van der Waals surface area (Å²) in [6.45, 7) is 1.51. The molecule has 0 spiro atoms. The second kappa shape index (κ2) is 5.21. The molecule has 1 aromatic carbocycles. The normalized spacial score (nSPS) is 29.2. The summed E-state index contributed by atoms with van der Waals surface area (Å²) >= 11 is 0. The number of aromatic hydroxyl groups is 1. The minimum Gasteiger partial charge on any atom is -0.508 e. The highest BCUT2D eigenvalue weighted by molar-refractivity contribution is 5.82. The zero-order valence-corrected chi connectivity index (χ0v) is 10.9. The lowest BCUT2D eigenvalue weighted by Crippen LogP contribution is -2.43. The Kier molecular flexibility index (Phi) is 3.42. The van der Waals surface area contributed by atoms with E-state index in [-0.39, 0.29) is 17.7 Å². The number of fused-ring (bicyclic) bond motifs is 1. The molecule has 1 aliphatic carbocycles. The lowest BCUT2D eigenvalue weighted by atomic mass is 9.93. The van der Waals surface area contributed by atoms with Crippen molar-refractivity contribution in [2.24, 2.45) is 11.8 Å². The third-order valence-electron chi connectivity index (χ3n) is 4.43. The van der Waals surface area contributed by atoms with Crippen LogP contribution in [0.4, 0.5) is 0 Å². The van der Waals surface area contributed by atoms with E-state index in [2.05, 4.69) is 10.6 Å². The van der Waals surface area contributed by atoms with Gasteiger partial charge in [0.05, 0.1) is 6.04 Å². The van der Waals surface area contributed by atoms with Crippen molar-refractivity contribution in [3.05, 3.63) is 29.8 Å². The molecule has 3 N–H and O–H groups in total. The second-order valence-corrected chi connectivity index (χ2v) is 5.63. The van der Waals surface area contributed by atoms with E-state index in [0.29, 0.717) is 18.4 Å². The van der Waals surface area contributed by atoms with Gasteiger partial charge in [0, 0.05) is 6.54 Å². The fourth-order valence-corrected chi connectivity index (χ4v) is 3.39. The maximum absolute atomic E-state index is 12.2. The number of phenols is 1. The molecule has 2 aliphatic rings. The van der Waals surface area contributed by atoms with Gasteiger partial charge in [-0.25, -0.2) is 0 Å². The molecular formula is C15H20N2O2. The van der Waals surface area contributed by atoms with Gasteiger partial charge >= 0.3 is 0 Å². The second-order valence-electron chi connectivity index (χ2n) is 5.63. The smallest absolute Gasteiger partial charge is 0.237 e. The fourth-order valence-electron chi connectivity index (χ4n) is 3.39. The first kappa shape index (κ1) is 12.5. The van der Waals surface area contributed by atoms with Gasteiger partial charge in [0.15, 0.2) is 0 Å². The van der Waals surface area contributed by atoms with E-state index in [4.69, 9.17) is 0 Å². The highest BCUT2D eigenvalue weighted by Gasteiger charge is 2.42. The molecule has 0 aromatic heterocycles. The highest BCUT2D eigenvalue weighted by atomic mass is 16.3. The molecule has 2 fully saturated rings. The topological polar surface area (TPSA) is 61.4 Å². The van der Waals surface area contributed by atoms with Gasteiger partial charge in [-0.2, -0.15) is 0 Å². The van der Waals surface area contributed by atoms with E-state index in [1.165, 1.54) is 19.3 Å². The molecule has 102 valence electrons. The molecule has 3 atom stereocenters. The van der Waals surface area contributed by atoms with Crippen LogP contribution in [0.2, 0.25) is 0 Å². The Labute approximate surface area is 113 Å². The van der Waals surface area contributed by atoms with Crippen LogP contribution >= 0.6 is 0 Å². The molecule has 19 heavy (non-hydrogen) atoms. The van der Waals surface area contributed by atoms with Crippen LogP contribution in [0.15, 0.2) is 24.3 Å². The lowest BCUT2D eigenvalue weighted by Gasteiger charge is -2.17. The van der Waals surface area contributed by atoms with Crippen molar-refractivity contribution in [1.82, 2.24) is 10.6 Å². The third kappa shape index (κ3) is 2.59. The summed E-state index contributed by atoms with van der Waals surface area (Å²) in [7, 11) is 0. The summed E-state index contributed by atoms with van der Waals surface area (Å²) in [6.07, 6.45) is 3.70. The lowest BCUT2D eigenvalue weighted by molar-refractivity contribution is -0.123. The average molecular weight is 260 g/mol. The van der Waals surface area contributed by atoms with Crippen LogP contribution in [0.1, 0.15) is 24.8 Å². The molecule has 3 rings (SSSR count). The maximum Gasteiger partial charge on any atom is 0.237 e. The Morgan fingerprint density at radius 1 is 1.32 bits per heavy atom. The molecule has 1 aromatic rings. The quantitative estimate of drug-likeness (QED) is 0.770. The molecule has 0 bridgehead atoms. The number of hydrogen-bond acceptors (Lipinski definition) is 3. The summed E-state index contributed by atoms with van der Waals surface area (Å²) in [4.78, 5) is 12.2. The van der Waals surface area contributed by atoms with E-state index < -0.39 is 0 Å². The summed E-state index contributed by atoms with van der Waals surface area (Å²) in [5.74, 6) is 1.59. The van der Waals surface area contributed by atoms with Crippen molar-refractivity contribution in [1.29, 1.82) is 0 Å². The van der Waals surface area contributed by atoms with Crippen molar-refractivity contribution in [2.45, 2.75) is 31.8 Å². The number of nitrogens with one attached hydrogen (secondary N) is 2. The van der Waals surface area contributed by atoms with Crippen molar-refractivity contribution in [3.63, 3.8) is 0 Å². The van der Waals surface area contributed by atoms with E-state index in [1.54, 1.807) is 12.1 Å². The van der Waals surface area contributed by atoms with Crippen LogP contribution in [-0.4, -0.2) is 23.6 Å². The Morgan fingerprint density at radius 3 is 2.89 bits per heavy atom. The van der Waals surface area contributed by atoms with Crippen LogP contribution in [0.3, 0.4) is 0 Å². The van der Waals surface area contributed by atoms with Gasteiger partial charge in [-0.3, -0.25) is 4.79 Å². The van der Waals surface area contributed by atoms with Crippen LogP contribution in [-0.2, 0) is 11.3 Å². The van der Waals surface area contributed by atoms with Crippen LogP contribution in [0, 0.1) is 11.8 Å². The summed E-state index contributed by atoms with van der Waals surface area (Å²) in [5, 5.41) is 15.6. The number of rotatable bonds is 3. The molecule has 0 radical (unpaired) electrons. The Morgan fingerprint density at radius 2 is 2.11 bits per heavy atom. The van der Waals surface area contributed by atoms with E-state index in [9.17, 15) is 9.90 Å². The van der Waals surface area contributed by atoms with Crippen LogP contribution in [0.5, 0.6) is 5.75 Å². The number of carbonyl (C=O) groups excluding carboxylic acids is 1. The van der Waals surface area contributed by atoms with Crippen LogP contribution in [0.25, 0.3) is 0 Å². The van der Waals surface area contributed by atoms with Crippen molar-refractivity contribution >= 4 is 5.91 Å². The molecule has 3 unspecified atom stereocenters.